The molecule has 10 heavy (non-hydrogen) atoms. The molecule has 3 nitrogen and oxygen atoms in total. The van der Waals surface area contributed by atoms with E-state index in [9.17, 15) is 9.59 Å². The maximum Gasteiger partial charge on any atom is 0.311 e. The van der Waals surface area contributed by atoms with Crippen molar-refractivity contribution in [2.24, 2.45) is 0 Å². The molecule has 0 fully saturated rings. The van der Waals surface area contributed by atoms with Crippen LogP contribution in [0.4, 0.5) is 0 Å². The van der Waals surface area contributed by atoms with Crippen molar-refractivity contribution in [3.05, 3.63) is 12.8 Å². The molecule has 0 aromatic carbocycles. The van der Waals surface area contributed by atoms with E-state index in [-0.39, 0.29) is 12.8 Å². The fourth-order valence-corrected chi connectivity index (χ4v) is 0.447. The summed E-state index contributed by atoms with van der Waals surface area (Å²) in [6, 6.07) is 0. The molecule has 0 aliphatic heterocycles. The topological polar surface area (TPSA) is 43.4 Å². The van der Waals surface area contributed by atoms with Crippen LogP contribution in [0.1, 0.15) is 12.8 Å². The first-order chi connectivity index (χ1) is 4.66. The Morgan fingerprint density at radius 3 is 2.50 bits per heavy atom. The first-order valence-corrected chi connectivity index (χ1v) is 3.03. The Hall–Kier alpha value is -0.830. The number of halogens is 1. The smallest absolute Gasteiger partial charge is 0.311 e. The summed E-state index contributed by atoms with van der Waals surface area (Å²) in [5.74, 6) is -0.496. The van der Waals surface area contributed by atoms with Crippen molar-refractivity contribution < 1.29 is 14.3 Å². The fourth-order valence-electron chi connectivity index (χ4n) is 0.352. The third-order valence-corrected chi connectivity index (χ3v) is 0.929. The Kier molecular flexibility index (Phi) is 4.58. The summed E-state index contributed by atoms with van der Waals surface area (Å²) >= 11 is 4.95. The van der Waals surface area contributed by atoms with Crippen molar-refractivity contribution in [1.82, 2.24) is 0 Å². The Labute approximate surface area is 63.6 Å². The SMILES string of the molecule is C=COC(=O)CCC(=O)Cl. The van der Waals surface area contributed by atoms with Crippen LogP contribution in [-0.2, 0) is 14.3 Å². The van der Waals surface area contributed by atoms with E-state index in [0.29, 0.717) is 0 Å². The summed E-state index contributed by atoms with van der Waals surface area (Å²) in [5, 5.41) is -0.541. The summed E-state index contributed by atoms with van der Waals surface area (Å²) in [6.45, 7) is 3.17. The van der Waals surface area contributed by atoms with Crippen LogP contribution >= 0.6 is 11.6 Å². The van der Waals surface area contributed by atoms with Crippen molar-refractivity contribution in [3.63, 3.8) is 0 Å². The molecule has 0 aliphatic carbocycles. The summed E-state index contributed by atoms with van der Waals surface area (Å²) in [7, 11) is 0. The highest BCUT2D eigenvalue weighted by Crippen LogP contribution is 1.96. The summed E-state index contributed by atoms with van der Waals surface area (Å²) < 4.78 is 4.31. The van der Waals surface area contributed by atoms with Crippen molar-refractivity contribution in [2.45, 2.75) is 12.8 Å². The molecule has 0 bridgehead atoms. The lowest BCUT2D eigenvalue weighted by Crippen LogP contribution is -2.00. The lowest BCUT2D eigenvalue weighted by Gasteiger charge is -1.93. The molecule has 0 N–H and O–H groups in total. The maximum atomic E-state index is 10.4. The first-order valence-electron chi connectivity index (χ1n) is 2.65. The van der Waals surface area contributed by atoms with Gasteiger partial charge in [-0.15, -0.1) is 0 Å². The lowest BCUT2D eigenvalue weighted by molar-refractivity contribution is -0.138. The number of carbonyl (C=O) groups excluding carboxylic acids is 2. The Balaban J connectivity index is 3.39. The van der Waals surface area contributed by atoms with Crippen LogP contribution in [0.5, 0.6) is 0 Å². The average molecular weight is 163 g/mol. The molecule has 0 aromatic heterocycles. The third-order valence-electron chi connectivity index (χ3n) is 0.740. The second kappa shape index (κ2) is 4.99. The minimum atomic E-state index is -0.541. The predicted molar refractivity (Wildman–Crippen MR) is 36.4 cm³/mol. The van der Waals surface area contributed by atoms with Crippen LogP contribution < -0.4 is 0 Å². The lowest BCUT2D eigenvalue weighted by atomic mass is 10.3. The zero-order valence-corrected chi connectivity index (χ0v) is 6.06. The molecule has 0 rings (SSSR count). The highest BCUT2D eigenvalue weighted by atomic mass is 35.5. The van der Waals surface area contributed by atoms with Gasteiger partial charge in [0.25, 0.3) is 0 Å². The molecule has 0 saturated heterocycles. The average Bonchev–Trinajstić information content (AvgIpc) is 1.85. The molecule has 0 spiro atoms. The van der Waals surface area contributed by atoms with Gasteiger partial charge in [-0.05, 0) is 11.6 Å². The first kappa shape index (κ1) is 9.17. The van der Waals surface area contributed by atoms with Crippen LogP contribution in [0, 0.1) is 0 Å². The monoisotopic (exact) mass is 162 g/mol. The number of esters is 1. The van der Waals surface area contributed by atoms with E-state index in [1.807, 2.05) is 0 Å². The van der Waals surface area contributed by atoms with E-state index in [2.05, 4.69) is 11.3 Å². The van der Waals surface area contributed by atoms with E-state index in [4.69, 9.17) is 11.6 Å². The number of rotatable bonds is 4. The molecule has 0 aromatic rings. The zero-order chi connectivity index (χ0) is 7.98. The van der Waals surface area contributed by atoms with Gasteiger partial charge in [0.15, 0.2) is 0 Å². The number of carbonyl (C=O) groups is 2. The molecule has 0 heterocycles. The summed E-state index contributed by atoms with van der Waals surface area (Å²) in [4.78, 5) is 20.5. The van der Waals surface area contributed by atoms with Crippen LogP contribution in [0.25, 0.3) is 0 Å². The largest absolute Gasteiger partial charge is 0.435 e. The highest BCUT2D eigenvalue weighted by Gasteiger charge is 2.03. The molecule has 4 heteroatoms. The van der Waals surface area contributed by atoms with E-state index in [1.165, 1.54) is 0 Å². The van der Waals surface area contributed by atoms with Crippen molar-refractivity contribution >= 4 is 22.8 Å². The van der Waals surface area contributed by atoms with Gasteiger partial charge in [0, 0.05) is 6.42 Å². The van der Waals surface area contributed by atoms with Crippen LogP contribution in [-0.4, -0.2) is 11.2 Å². The molecular weight excluding hydrogens is 156 g/mol. The minimum absolute atomic E-state index is 0.00816. The second-order valence-electron chi connectivity index (χ2n) is 1.51. The fraction of sp³-hybridized carbons (Fsp3) is 0.333. The predicted octanol–water partition coefficient (Wildman–Crippen LogP) is 1.22. The van der Waals surface area contributed by atoms with Gasteiger partial charge >= 0.3 is 5.97 Å². The number of hydrogen-bond donors (Lipinski definition) is 0. The number of hydrogen-bond acceptors (Lipinski definition) is 3. The van der Waals surface area contributed by atoms with Gasteiger partial charge in [-0.25, -0.2) is 0 Å². The molecule has 0 atom stereocenters. The molecule has 0 amide bonds. The quantitative estimate of drug-likeness (QED) is 0.355. The van der Waals surface area contributed by atoms with E-state index >= 15 is 0 Å². The summed E-state index contributed by atoms with van der Waals surface area (Å²) in [6.07, 6.45) is 1.03. The van der Waals surface area contributed by atoms with Gasteiger partial charge in [-0.3, -0.25) is 9.59 Å². The van der Waals surface area contributed by atoms with Gasteiger partial charge in [0.2, 0.25) is 5.24 Å². The molecule has 0 radical (unpaired) electrons. The van der Waals surface area contributed by atoms with Crippen LogP contribution in [0.3, 0.4) is 0 Å². The Morgan fingerprint density at radius 2 is 2.10 bits per heavy atom. The number of ether oxygens (including phenoxy) is 1. The highest BCUT2D eigenvalue weighted by molar-refractivity contribution is 6.63. The van der Waals surface area contributed by atoms with E-state index < -0.39 is 11.2 Å². The van der Waals surface area contributed by atoms with Gasteiger partial charge in [0.1, 0.15) is 0 Å². The minimum Gasteiger partial charge on any atom is -0.435 e. The standard InChI is InChI=1S/C6H7ClO3/c1-2-10-6(9)4-3-5(7)8/h2H,1,3-4H2. The normalized spacial score (nSPS) is 8.50. The van der Waals surface area contributed by atoms with Gasteiger partial charge in [0.05, 0.1) is 12.7 Å². The zero-order valence-electron chi connectivity index (χ0n) is 5.30. The molecular formula is C6H7ClO3. The van der Waals surface area contributed by atoms with Crippen molar-refractivity contribution in [1.29, 1.82) is 0 Å². The molecule has 0 unspecified atom stereocenters. The van der Waals surface area contributed by atoms with Crippen LogP contribution in [0.15, 0.2) is 12.8 Å². The second-order valence-corrected chi connectivity index (χ2v) is 1.93. The van der Waals surface area contributed by atoms with Crippen molar-refractivity contribution in [2.75, 3.05) is 0 Å². The Bertz CT molecular complexity index is 153. The van der Waals surface area contributed by atoms with Gasteiger partial charge < -0.3 is 4.74 Å². The van der Waals surface area contributed by atoms with E-state index in [1.54, 1.807) is 0 Å². The summed E-state index contributed by atoms with van der Waals surface area (Å²) in [5.41, 5.74) is 0. The van der Waals surface area contributed by atoms with Gasteiger partial charge in [-0.1, -0.05) is 6.58 Å². The third kappa shape index (κ3) is 5.31. The van der Waals surface area contributed by atoms with Crippen molar-refractivity contribution in [3.8, 4) is 0 Å². The maximum absolute atomic E-state index is 10.4. The Morgan fingerprint density at radius 1 is 1.50 bits per heavy atom. The van der Waals surface area contributed by atoms with Crippen LogP contribution in [0.2, 0.25) is 0 Å². The molecule has 0 aliphatic rings. The molecule has 0 saturated carbocycles. The molecule has 56 valence electrons. The van der Waals surface area contributed by atoms with Gasteiger partial charge in [-0.2, -0.15) is 0 Å². The van der Waals surface area contributed by atoms with E-state index in [0.717, 1.165) is 6.26 Å².